The van der Waals surface area contributed by atoms with E-state index in [4.69, 9.17) is 24.7 Å². The molecule has 0 bridgehead atoms. The molecule has 6 rings (SSSR count). The van der Waals surface area contributed by atoms with Crippen LogP contribution in [0.2, 0.25) is 0 Å². The quantitative estimate of drug-likeness (QED) is 0.170. The maximum Gasteiger partial charge on any atom is 0.164 e. The zero-order valence-corrected chi connectivity index (χ0v) is 23.0. The van der Waals surface area contributed by atoms with Gasteiger partial charge in [-0.1, -0.05) is 128 Å². The van der Waals surface area contributed by atoms with Gasteiger partial charge in [-0.15, -0.1) is 0 Å². The molecule has 0 N–H and O–H groups in total. The van der Waals surface area contributed by atoms with Gasteiger partial charge in [0.05, 0.1) is 5.69 Å². The molecule has 0 unspecified atom stereocenters. The second kappa shape index (κ2) is 12.2. The number of aromatic nitrogens is 4. The van der Waals surface area contributed by atoms with E-state index in [1.165, 1.54) is 0 Å². The number of fused-ring (bicyclic) bond motifs is 1. The van der Waals surface area contributed by atoms with Crippen LogP contribution >= 0.6 is 0 Å². The zero-order chi connectivity index (χ0) is 28.7. The fourth-order valence-electron chi connectivity index (χ4n) is 4.66. The number of ether oxygens (including phenoxy) is 1. The fourth-order valence-corrected chi connectivity index (χ4v) is 4.66. The van der Waals surface area contributed by atoms with Crippen molar-refractivity contribution in [2.45, 2.75) is 6.61 Å². The Labute approximate surface area is 245 Å². The highest BCUT2D eigenvalue weighted by Crippen LogP contribution is 2.30. The number of allylic oxidation sites excluding steroid dienone is 4. The first-order chi connectivity index (χ1) is 20.7. The number of rotatable bonds is 9. The highest BCUT2D eigenvalue weighted by Gasteiger charge is 2.14. The molecule has 0 aliphatic carbocycles. The number of nitrogens with zero attached hydrogens (tertiary/aromatic N) is 4. The van der Waals surface area contributed by atoms with Crippen LogP contribution in [0.1, 0.15) is 11.4 Å². The summed E-state index contributed by atoms with van der Waals surface area (Å²) in [5.41, 5.74) is 6.21. The van der Waals surface area contributed by atoms with Gasteiger partial charge in [-0.05, 0) is 23.8 Å². The Morgan fingerprint density at radius 2 is 1.33 bits per heavy atom. The highest BCUT2D eigenvalue weighted by atomic mass is 16.5. The molecule has 2 heterocycles. The van der Waals surface area contributed by atoms with Gasteiger partial charge in [-0.25, -0.2) is 19.9 Å². The van der Waals surface area contributed by atoms with E-state index < -0.39 is 0 Å². The summed E-state index contributed by atoms with van der Waals surface area (Å²) in [6.07, 6.45) is 5.27. The third-order valence-corrected chi connectivity index (χ3v) is 6.78. The van der Waals surface area contributed by atoms with Crippen LogP contribution in [-0.4, -0.2) is 19.9 Å². The summed E-state index contributed by atoms with van der Waals surface area (Å²) in [6.45, 7) is 8.24. The molecule has 42 heavy (non-hydrogen) atoms. The monoisotopic (exact) mass is 544 g/mol. The van der Waals surface area contributed by atoms with Gasteiger partial charge >= 0.3 is 0 Å². The Balaban J connectivity index is 1.40. The van der Waals surface area contributed by atoms with E-state index >= 15 is 0 Å². The highest BCUT2D eigenvalue weighted by molar-refractivity contribution is 5.87. The summed E-state index contributed by atoms with van der Waals surface area (Å²) >= 11 is 0. The summed E-state index contributed by atoms with van der Waals surface area (Å²) in [5, 5.41) is 1.01. The molecular weight excluding hydrogens is 516 g/mol. The molecule has 4 aromatic carbocycles. The van der Waals surface area contributed by atoms with Gasteiger partial charge in [-0.2, -0.15) is 0 Å². The maximum absolute atomic E-state index is 6.20. The fraction of sp³-hybridized carbons (Fsp3) is 0.0270. The van der Waals surface area contributed by atoms with Crippen molar-refractivity contribution in [1.82, 2.24) is 19.9 Å². The molecule has 0 fully saturated rings. The lowest BCUT2D eigenvalue weighted by atomic mass is 10.1. The van der Waals surface area contributed by atoms with Crippen molar-refractivity contribution >= 4 is 16.5 Å². The summed E-state index contributed by atoms with van der Waals surface area (Å²) in [6, 6.07) is 38.2. The Kier molecular flexibility index (Phi) is 7.73. The first kappa shape index (κ1) is 26.5. The Morgan fingerprint density at radius 3 is 2.10 bits per heavy atom. The van der Waals surface area contributed by atoms with Gasteiger partial charge in [0.2, 0.25) is 0 Å². The molecule has 0 aliphatic heterocycles. The van der Waals surface area contributed by atoms with Gasteiger partial charge in [0.15, 0.2) is 17.5 Å². The zero-order valence-electron chi connectivity index (χ0n) is 23.0. The second-order valence-electron chi connectivity index (χ2n) is 9.61. The van der Waals surface area contributed by atoms with Crippen LogP contribution in [0.15, 0.2) is 147 Å². The second-order valence-corrected chi connectivity index (χ2v) is 9.61. The number of para-hydroxylation sites is 1. The van der Waals surface area contributed by atoms with Crippen LogP contribution in [-0.2, 0) is 6.61 Å². The molecule has 0 spiro atoms. The van der Waals surface area contributed by atoms with Crippen LogP contribution in [0.5, 0.6) is 5.75 Å². The van der Waals surface area contributed by atoms with Gasteiger partial charge in [0.1, 0.15) is 17.9 Å². The van der Waals surface area contributed by atoms with Gasteiger partial charge in [-0.3, -0.25) is 0 Å². The summed E-state index contributed by atoms with van der Waals surface area (Å²) in [7, 11) is 0. The van der Waals surface area contributed by atoms with Crippen molar-refractivity contribution in [2.24, 2.45) is 0 Å². The Morgan fingerprint density at radius 1 is 0.643 bits per heavy atom. The average molecular weight is 545 g/mol. The molecule has 0 saturated carbocycles. The van der Waals surface area contributed by atoms with Gasteiger partial charge in [0.25, 0.3) is 0 Å². The van der Waals surface area contributed by atoms with Crippen molar-refractivity contribution < 1.29 is 4.74 Å². The minimum absolute atomic E-state index is 0.472. The van der Waals surface area contributed by atoms with E-state index in [1.54, 1.807) is 12.2 Å². The van der Waals surface area contributed by atoms with Crippen molar-refractivity contribution in [3.8, 4) is 39.8 Å². The van der Waals surface area contributed by atoms with Crippen molar-refractivity contribution in [2.75, 3.05) is 0 Å². The minimum atomic E-state index is 0.472. The summed E-state index contributed by atoms with van der Waals surface area (Å²) < 4.78 is 6.20. The topological polar surface area (TPSA) is 60.8 Å². The molecule has 202 valence electrons. The van der Waals surface area contributed by atoms with Crippen LogP contribution in [0.25, 0.3) is 50.5 Å². The molecule has 5 heteroatoms. The lowest BCUT2D eigenvalue weighted by Crippen LogP contribution is -2.02. The van der Waals surface area contributed by atoms with E-state index in [0.29, 0.717) is 24.1 Å². The van der Waals surface area contributed by atoms with E-state index in [9.17, 15) is 0 Å². The Bertz CT molecular complexity index is 1910. The number of pyridine rings is 1. The van der Waals surface area contributed by atoms with Crippen LogP contribution in [0, 0.1) is 0 Å². The molecule has 6 aromatic rings. The first-order valence-electron chi connectivity index (χ1n) is 13.7. The molecule has 0 radical (unpaired) electrons. The van der Waals surface area contributed by atoms with Crippen LogP contribution < -0.4 is 4.74 Å². The molecule has 0 aliphatic rings. The van der Waals surface area contributed by atoms with E-state index in [2.05, 4.69) is 37.4 Å². The molecule has 0 amide bonds. The lowest BCUT2D eigenvalue weighted by molar-refractivity contribution is 0.309. The molecule has 0 atom stereocenters. The van der Waals surface area contributed by atoms with E-state index in [0.717, 1.165) is 50.2 Å². The predicted molar refractivity (Wildman–Crippen MR) is 171 cm³/mol. The molecule has 2 aromatic heterocycles. The average Bonchev–Trinajstić information content (AvgIpc) is 3.06. The van der Waals surface area contributed by atoms with Crippen molar-refractivity contribution in [3.63, 3.8) is 0 Å². The standard InChI is InChI=1S/C37H28N4O/c1-3-13-27(4-2)35-39-36(29-16-9-6-10-17-29)41-37(40-35)31-20-11-19-30(24-31)32-23-22-28-18-12-21-33(34(28)38-32)42-25-26-14-7-5-8-15-26/h3-24H,1-2,25H2/b27-13+. The number of hydrogen-bond acceptors (Lipinski definition) is 5. The molecule has 5 nitrogen and oxygen atoms in total. The molecular formula is C37H28N4O. The minimum Gasteiger partial charge on any atom is -0.487 e. The third kappa shape index (κ3) is 5.76. The SMILES string of the molecule is C=C/C=C(\C=C)c1nc(-c2ccccc2)nc(-c2cccc(-c3ccc4cccc(OCc5ccccc5)c4n3)c2)n1. The van der Waals surface area contributed by atoms with Crippen molar-refractivity contribution in [3.05, 3.63) is 158 Å². The number of benzene rings is 4. The van der Waals surface area contributed by atoms with Crippen LogP contribution in [0.3, 0.4) is 0 Å². The van der Waals surface area contributed by atoms with E-state index in [-0.39, 0.29) is 0 Å². The smallest absolute Gasteiger partial charge is 0.164 e. The largest absolute Gasteiger partial charge is 0.487 e. The summed E-state index contributed by atoms with van der Waals surface area (Å²) in [5.74, 6) is 2.42. The number of hydrogen-bond donors (Lipinski definition) is 0. The van der Waals surface area contributed by atoms with Gasteiger partial charge < -0.3 is 4.74 Å². The Hall–Kier alpha value is -5.68. The van der Waals surface area contributed by atoms with Crippen molar-refractivity contribution in [1.29, 1.82) is 0 Å². The van der Waals surface area contributed by atoms with Gasteiger partial charge in [0, 0.05) is 27.6 Å². The van der Waals surface area contributed by atoms with Crippen LogP contribution in [0.4, 0.5) is 0 Å². The first-order valence-corrected chi connectivity index (χ1v) is 13.7. The molecule has 0 saturated heterocycles. The third-order valence-electron chi connectivity index (χ3n) is 6.78. The lowest BCUT2D eigenvalue weighted by Gasteiger charge is -2.11. The van der Waals surface area contributed by atoms with E-state index in [1.807, 2.05) is 97.1 Å². The summed E-state index contributed by atoms with van der Waals surface area (Å²) in [4.78, 5) is 19.5. The normalized spacial score (nSPS) is 11.3. The predicted octanol–water partition coefficient (Wildman–Crippen LogP) is 8.76. The maximum atomic E-state index is 6.20.